The first kappa shape index (κ1) is 13.4. The van der Waals surface area contributed by atoms with Crippen LogP contribution in [0.3, 0.4) is 0 Å². The molecule has 1 aliphatic rings. The van der Waals surface area contributed by atoms with Gasteiger partial charge in [0, 0.05) is 5.92 Å². The molecular weight excluding hydrogens is 254 g/mol. The molecule has 7 heteroatoms. The van der Waals surface area contributed by atoms with Crippen molar-refractivity contribution in [3.63, 3.8) is 0 Å². The van der Waals surface area contributed by atoms with Crippen LogP contribution in [0.1, 0.15) is 24.8 Å². The average Bonchev–Trinajstić information content (AvgIpc) is 2.86. The van der Waals surface area contributed by atoms with Crippen molar-refractivity contribution in [1.82, 2.24) is 9.97 Å². The minimum atomic E-state index is -0.402. The topological polar surface area (TPSA) is 90.2 Å². The van der Waals surface area contributed by atoms with Gasteiger partial charge in [0.25, 0.3) is 5.56 Å². The Morgan fingerprint density at radius 2 is 2.22 bits per heavy atom. The molecule has 100 valence electrons. The number of nitrogen functional groups attached to an aromatic ring is 1. The van der Waals surface area contributed by atoms with E-state index in [1.165, 1.54) is 11.8 Å². The number of anilines is 1. The molecule has 1 atom stereocenters. The summed E-state index contributed by atoms with van der Waals surface area (Å²) in [6.07, 6.45) is 2.14. The molecule has 0 aliphatic carbocycles. The van der Waals surface area contributed by atoms with E-state index in [1.807, 2.05) is 13.2 Å². The van der Waals surface area contributed by atoms with Crippen LogP contribution in [0, 0.1) is 0 Å². The molecule has 3 N–H and O–H groups in total. The molecular formula is C11H17N3O3S. The van der Waals surface area contributed by atoms with E-state index in [0.717, 1.165) is 0 Å². The number of ether oxygens (including phenoxy) is 2. The van der Waals surface area contributed by atoms with E-state index in [9.17, 15) is 4.79 Å². The van der Waals surface area contributed by atoms with Gasteiger partial charge in [-0.25, -0.2) is 4.98 Å². The summed E-state index contributed by atoms with van der Waals surface area (Å²) in [6.45, 7) is 3.07. The first-order chi connectivity index (χ1) is 8.67. The van der Waals surface area contributed by atoms with Crippen LogP contribution >= 0.6 is 11.8 Å². The van der Waals surface area contributed by atoms with Crippen molar-refractivity contribution in [3.8, 4) is 0 Å². The lowest BCUT2D eigenvalue weighted by atomic mass is 9.97. The number of aromatic nitrogens is 2. The van der Waals surface area contributed by atoms with Crippen LogP contribution in [0.2, 0.25) is 0 Å². The maximum Gasteiger partial charge on any atom is 0.257 e. The van der Waals surface area contributed by atoms with Crippen LogP contribution in [0.25, 0.3) is 0 Å². The molecule has 6 nitrogen and oxygen atoms in total. The number of nitrogens with one attached hydrogen (secondary N) is 1. The van der Waals surface area contributed by atoms with E-state index in [4.69, 9.17) is 15.2 Å². The average molecular weight is 271 g/mol. The predicted octanol–water partition coefficient (Wildman–Crippen LogP) is 0.941. The molecule has 2 heterocycles. The molecule has 0 aromatic carbocycles. The molecule has 0 radical (unpaired) electrons. The van der Waals surface area contributed by atoms with Gasteiger partial charge >= 0.3 is 0 Å². The fourth-order valence-electron chi connectivity index (χ4n) is 2.07. The van der Waals surface area contributed by atoms with Crippen molar-refractivity contribution in [1.29, 1.82) is 0 Å². The Morgan fingerprint density at radius 1 is 1.56 bits per heavy atom. The van der Waals surface area contributed by atoms with Gasteiger partial charge in [-0.05, 0) is 12.7 Å². The van der Waals surface area contributed by atoms with Gasteiger partial charge in [0.2, 0.25) is 0 Å². The summed E-state index contributed by atoms with van der Waals surface area (Å²) < 4.78 is 10.9. The van der Waals surface area contributed by atoms with E-state index in [-0.39, 0.29) is 17.3 Å². The second kappa shape index (κ2) is 5.73. The Hall–Kier alpha value is -1.05. The van der Waals surface area contributed by atoms with Crippen LogP contribution in [0.4, 0.5) is 5.82 Å². The molecule has 18 heavy (non-hydrogen) atoms. The second-order valence-electron chi connectivity index (χ2n) is 4.00. The lowest BCUT2D eigenvalue weighted by Crippen LogP contribution is -2.28. The molecule has 1 fully saturated rings. The Labute approximate surface area is 109 Å². The van der Waals surface area contributed by atoms with Gasteiger partial charge in [0.1, 0.15) is 5.82 Å². The first-order valence-corrected chi connectivity index (χ1v) is 7.06. The third-order valence-corrected chi connectivity index (χ3v) is 3.52. The number of H-pyrrole nitrogens is 1. The van der Waals surface area contributed by atoms with Crippen molar-refractivity contribution in [3.05, 3.63) is 15.9 Å². The zero-order valence-corrected chi connectivity index (χ0v) is 11.3. The summed E-state index contributed by atoms with van der Waals surface area (Å²) in [6, 6.07) is 0. The first-order valence-electron chi connectivity index (χ1n) is 5.84. The Morgan fingerprint density at radius 3 is 2.72 bits per heavy atom. The highest BCUT2D eigenvalue weighted by atomic mass is 32.2. The normalized spacial score (nSPS) is 18.1. The van der Waals surface area contributed by atoms with E-state index in [2.05, 4.69) is 9.97 Å². The number of hydrogen-bond acceptors (Lipinski definition) is 6. The zero-order chi connectivity index (χ0) is 13.1. The summed E-state index contributed by atoms with van der Waals surface area (Å²) in [5.41, 5.74) is 6.14. The van der Waals surface area contributed by atoms with Gasteiger partial charge in [-0.15, -0.1) is 0 Å². The number of nitrogens with zero attached hydrogens (tertiary/aromatic N) is 1. The van der Waals surface area contributed by atoms with E-state index < -0.39 is 6.29 Å². The van der Waals surface area contributed by atoms with Gasteiger partial charge in [-0.2, -0.15) is 0 Å². The summed E-state index contributed by atoms with van der Waals surface area (Å²) in [7, 11) is 0. The number of aromatic amines is 1. The standard InChI is InChI=1S/C11H17N3O3S/c1-3-6(10-16-4-5-17-10)7-8(12)13-11(18-2)14-9(7)15/h6,10H,3-5H2,1-2H3,(H3,12,13,14,15). The van der Waals surface area contributed by atoms with Crippen molar-refractivity contribution >= 4 is 17.6 Å². The van der Waals surface area contributed by atoms with Crippen LogP contribution in [-0.2, 0) is 9.47 Å². The monoisotopic (exact) mass is 271 g/mol. The van der Waals surface area contributed by atoms with Crippen molar-refractivity contribution in [2.75, 3.05) is 25.2 Å². The summed E-state index contributed by atoms with van der Waals surface area (Å²) in [5.74, 6) is 0.0775. The zero-order valence-electron chi connectivity index (χ0n) is 10.4. The lowest BCUT2D eigenvalue weighted by molar-refractivity contribution is -0.0619. The molecule has 0 amide bonds. The fraction of sp³-hybridized carbons (Fsp3) is 0.636. The molecule has 0 spiro atoms. The SMILES string of the molecule is CCC(c1c(N)nc(SC)[nH]c1=O)C1OCCO1. The molecule has 2 rings (SSSR count). The van der Waals surface area contributed by atoms with Gasteiger partial charge in [-0.1, -0.05) is 18.7 Å². The summed E-state index contributed by atoms with van der Waals surface area (Å²) >= 11 is 1.35. The Balaban J connectivity index is 2.38. The van der Waals surface area contributed by atoms with E-state index in [0.29, 0.717) is 30.4 Å². The highest BCUT2D eigenvalue weighted by Crippen LogP contribution is 2.29. The van der Waals surface area contributed by atoms with Gasteiger partial charge in [0.05, 0.1) is 18.8 Å². The predicted molar refractivity (Wildman–Crippen MR) is 69.8 cm³/mol. The fourth-order valence-corrected chi connectivity index (χ4v) is 2.46. The quantitative estimate of drug-likeness (QED) is 0.625. The Bertz CT molecular complexity index is 471. The molecule has 1 unspecified atom stereocenters. The van der Waals surface area contributed by atoms with E-state index in [1.54, 1.807) is 0 Å². The summed E-state index contributed by atoms with van der Waals surface area (Å²) in [5, 5.41) is 0.518. The molecule has 0 saturated carbocycles. The van der Waals surface area contributed by atoms with Crippen LogP contribution < -0.4 is 11.3 Å². The molecule has 1 aliphatic heterocycles. The van der Waals surface area contributed by atoms with Crippen molar-refractivity contribution in [2.45, 2.75) is 30.7 Å². The molecule has 1 aromatic rings. The number of nitrogens with two attached hydrogens (primary N) is 1. The van der Waals surface area contributed by atoms with Gasteiger partial charge in [-0.3, -0.25) is 4.79 Å². The van der Waals surface area contributed by atoms with Crippen LogP contribution in [0.5, 0.6) is 0 Å². The van der Waals surface area contributed by atoms with Crippen molar-refractivity contribution in [2.24, 2.45) is 0 Å². The third kappa shape index (κ3) is 2.52. The minimum absolute atomic E-state index is 0.181. The lowest BCUT2D eigenvalue weighted by Gasteiger charge is -2.21. The number of rotatable bonds is 4. The van der Waals surface area contributed by atoms with Gasteiger partial charge in [0.15, 0.2) is 11.4 Å². The number of thioether (sulfide) groups is 1. The summed E-state index contributed by atoms with van der Waals surface area (Å²) in [4.78, 5) is 19.0. The molecule has 1 saturated heterocycles. The largest absolute Gasteiger partial charge is 0.383 e. The maximum absolute atomic E-state index is 12.1. The van der Waals surface area contributed by atoms with Gasteiger partial charge < -0.3 is 20.2 Å². The highest BCUT2D eigenvalue weighted by Gasteiger charge is 2.31. The van der Waals surface area contributed by atoms with Crippen LogP contribution in [-0.4, -0.2) is 35.7 Å². The third-order valence-electron chi connectivity index (χ3n) is 2.94. The minimum Gasteiger partial charge on any atom is -0.383 e. The highest BCUT2D eigenvalue weighted by molar-refractivity contribution is 7.98. The van der Waals surface area contributed by atoms with E-state index >= 15 is 0 Å². The van der Waals surface area contributed by atoms with Crippen LogP contribution in [0.15, 0.2) is 9.95 Å². The maximum atomic E-state index is 12.1. The smallest absolute Gasteiger partial charge is 0.257 e. The molecule has 0 bridgehead atoms. The molecule has 1 aromatic heterocycles. The second-order valence-corrected chi connectivity index (χ2v) is 4.79. The van der Waals surface area contributed by atoms with Crippen molar-refractivity contribution < 1.29 is 9.47 Å². The Kier molecular flexibility index (Phi) is 4.26. The number of hydrogen-bond donors (Lipinski definition) is 2.